The summed E-state index contributed by atoms with van der Waals surface area (Å²) in [6.07, 6.45) is 9.46. The molecule has 0 amide bonds. The summed E-state index contributed by atoms with van der Waals surface area (Å²) < 4.78 is 13.9. The molecule has 12 heteroatoms. The first-order valence-corrected chi connectivity index (χ1v) is 20.1. The van der Waals surface area contributed by atoms with Gasteiger partial charge in [0, 0.05) is 43.8 Å². The van der Waals surface area contributed by atoms with Crippen LogP contribution in [-0.4, -0.2) is 9.97 Å². The predicted octanol–water partition coefficient (Wildman–Crippen LogP) is 7.00. The number of hydrogen-bond donors (Lipinski definition) is 0. The molecule has 0 radical (unpaired) electrons. The van der Waals surface area contributed by atoms with Gasteiger partial charge >= 0.3 is 0 Å². The van der Waals surface area contributed by atoms with Gasteiger partial charge in [0.25, 0.3) is 0 Å². The zero-order chi connectivity index (χ0) is 36.3. The quantitative estimate of drug-likeness (QED) is 0.184. The van der Waals surface area contributed by atoms with Gasteiger partial charge in [-0.3, -0.25) is 19.2 Å². The van der Waals surface area contributed by atoms with Gasteiger partial charge in [-0.2, -0.15) is 9.97 Å². The standard InChI is InChI=1S/C42H30N4O6S2/c47-31-21-11-3-4-12-22(21)32(48)29(31)43-39-45-37-35(53-39)25-20-28-26(19-27(25)41(51-37)15-7-1-8-16-41)36-38(52-42(28)17-9-2-10-18-42)46-40(54-36)44-30-33(49)23-13-5-6-14-24(23)34(30)50/h3-6,11-14,19-20H,1-2,7-10,15-18H2. The van der Waals surface area contributed by atoms with Crippen molar-refractivity contribution in [2.24, 2.45) is 9.98 Å². The van der Waals surface area contributed by atoms with Crippen molar-refractivity contribution < 1.29 is 9.47 Å². The van der Waals surface area contributed by atoms with E-state index in [0.29, 0.717) is 43.6 Å². The molecule has 54 heavy (non-hydrogen) atoms. The number of thiazole rings is 2. The fraction of sp³-hybridized carbons (Fsp3) is 0.286. The Kier molecular flexibility index (Phi) is 6.83. The van der Waals surface area contributed by atoms with E-state index in [0.717, 1.165) is 96.2 Å². The second kappa shape index (κ2) is 11.5. The summed E-state index contributed by atoms with van der Waals surface area (Å²) in [5.41, 5.74) is 1.33. The molecule has 0 atom stereocenters. The van der Waals surface area contributed by atoms with Crippen LogP contribution in [0.2, 0.25) is 0 Å². The Morgan fingerprint density at radius 2 is 0.870 bits per heavy atom. The van der Waals surface area contributed by atoms with Gasteiger partial charge in [-0.1, -0.05) is 84.0 Å². The summed E-state index contributed by atoms with van der Waals surface area (Å²) in [7, 11) is 0. The van der Waals surface area contributed by atoms with E-state index in [1.807, 2.05) is 0 Å². The largest absolute Gasteiger partial charge is 0.465 e. The molecule has 266 valence electrons. The summed E-state index contributed by atoms with van der Waals surface area (Å²) in [6, 6.07) is 18.1. The van der Waals surface area contributed by atoms with E-state index in [-0.39, 0.29) is 10.7 Å². The van der Waals surface area contributed by atoms with Gasteiger partial charge in [0.05, 0.1) is 0 Å². The first-order valence-electron chi connectivity index (χ1n) is 18.5. The zero-order valence-corrected chi connectivity index (χ0v) is 30.5. The minimum atomic E-state index is -0.621. The average Bonchev–Trinajstić information content (AvgIpc) is 3.92. The van der Waals surface area contributed by atoms with Crippen LogP contribution in [0.4, 0.5) is 10.3 Å². The van der Waals surface area contributed by atoms with E-state index in [4.69, 9.17) is 19.4 Å². The van der Waals surface area contributed by atoms with Crippen LogP contribution in [-0.2, 0) is 11.2 Å². The van der Waals surface area contributed by atoms with Gasteiger partial charge < -0.3 is 9.47 Å². The van der Waals surface area contributed by atoms with E-state index in [1.54, 1.807) is 48.5 Å². The molecule has 2 saturated carbocycles. The van der Waals surface area contributed by atoms with Crippen molar-refractivity contribution in [1.82, 2.24) is 9.97 Å². The Morgan fingerprint density at radius 1 is 0.519 bits per heavy atom. The van der Waals surface area contributed by atoms with Crippen LogP contribution in [0, 0.1) is 0 Å². The lowest BCUT2D eigenvalue weighted by Crippen LogP contribution is -2.40. The van der Waals surface area contributed by atoms with Gasteiger partial charge in [0.1, 0.15) is 21.0 Å². The third kappa shape index (κ3) is 4.49. The van der Waals surface area contributed by atoms with Gasteiger partial charge in [-0.15, -0.1) is 0 Å². The highest BCUT2D eigenvalue weighted by atomic mass is 32.1. The van der Waals surface area contributed by atoms with Crippen LogP contribution in [0.25, 0.3) is 42.4 Å². The molecule has 2 fully saturated rings. The van der Waals surface area contributed by atoms with Crippen molar-refractivity contribution in [2.45, 2.75) is 75.4 Å². The van der Waals surface area contributed by atoms with E-state index in [2.05, 4.69) is 22.1 Å². The van der Waals surface area contributed by atoms with Crippen molar-refractivity contribution in [3.8, 4) is 32.6 Å². The molecule has 7 aromatic rings. The molecule has 0 unspecified atom stereocenters. The van der Waals surface area contributed by atoms with Gasteiger partial charge in [-0.25, -0.2) is 9.98 Å². The molecule has 11 rings (SSSR count). The second-order valence-corrected chi connectivity index (χ2v) is 16.8. The number of benzene rings is 3. The van der Waals surface area contributed by atoms with E-state index in [1.165, 1.54) is 22.7 Å². The molecular formula is C42H30N4O6S2. The van der Waals surface area contributed by atoms with Crippen LogP contribution in [0.1, 0.15) is 75.3 Å². The fourth-order valence-corrected chi connectivity index (χ4v) is 11.0. The Bertz CT molecular complexity index is 2770. The Balaban J connectivity index is 1.12. The van der Waals surface area contributed by atoms with Crippen LogP contribution in [0.5, 0.6) is 11.8 Å². The number of aromatic nitrogens is 2. The van der Waals surface area contributed by atoms with Gasteiger partial charge in [0.15, 0.2) is 10.7 Å². The average molecular weight is 751 g/mol. The summed E-state index contributed by atoms with van der Waals surface area (Å²) in [6.45, 7) is 0. The second-order valence-electron chi connectivity index (χ2n) is 14.8. The third-order valence-electron chi connectivity index (χ3n) is 11.8. The Labute approximate surface area is 314 Å². The maximum absolute atomic E-state index is 13.2. The SMILES string of the molecule is O=c1c(=Nc2nc3c(s2)-c2cc4c(cc2C2(CCCCC2)O3)-c2sc(N=c3c(=O)c5ccccc5c3=O)nc2OC42CCCCC2)c(=O)c2ccccc12. The normalized spacial score (nSPS) is 17.8. The predicted molar refractivity (Wildman–Crippen MR) is 208 cm³/mol. The summed E-state index contributed by atoms with van der Waals surface area (Å²) in [5, 5.41) is 1.79. The van der Waals surface area contributed by atoms with Gasteiger partial charge in [0.2, 0.25) is 43.7 Å². The summed E-state index contributed by atoms with van der Waals surface area (Å²) in [5.74, 6) is 0.948. The molecule has 5 aromatic carbocycles. The van der Waals surface area contributed by atoms with Crippen molar-refractivity contribution >= 4 is 54.5 Å². The molecule has 10 nitrogen and oxygen atoms in total. The monoisotopic (exact) mass is 750 g/mol. The highest BCUT2D eigenvalue weighted by Gasteiger charge is 2.48. The Hall–Kier alpha value is -5.46. The highest BCUT2D eigenvalue weighted by Crippen LogP contribution is 2.60. The van der Waals surface area contributed by atoms with Crippen molar-refractivity contribution in [2.75, 3.05) is 0 Å². The molecule has 2 aromatic heterocycles. The minimum absolute atomic E-state index is 0.128. The third-order valence-corrected chi connectivity index (χ3v) is 13.7. The highest BCUT2D eigenvalue weighted by molar-refractivity contribution is 7.19. The number of ether oxygens (including phenoxy) is 2. The topological polar surface area (TPSA) is 137 Å². The number of rotatable bonds is 2. The van der Waals surface area contributed by atoms with Crippen molar-refractivity contribution in [1.29, 1.82) is 0 Å². The molecule has 4 aliphatic rings. The lowest BCUT2D eigenvalue weighted by atomic mass is 9.71. The van der Waals surface area contributed by atoms with Crippen LogP contribution in [0.3, 0.4) is 0 Å². The molecule has 2 aliphatic carbocycles. The lowest BCUT2D eigenvalue weighted by Gasteiger charge is -2.45. The van der Waals surface area contributed by atoms with Crippen LogP contribution in [0.15, 0.2) is 89.8 Å². The van der Waals surface area contributed by atoms with Crippen LogP contribution >= 0.6 is 22.7 Å². The smallest absolute Gasteiger partial charge is 0.235 e. The summed E-state index contributed by atoms with van der Waals surface area (Å²) in [4.78, 5) is 73.4. The molecule has 2 aliphatic heterocycles. The Morgan fingerprint density at radius 3 is 1.22 bits per heavy atom. The zero-order valence-electron chi connectivity index (χ0n) is 28.9. The number of fused-ring (bicyclic) bond motifs is 10. The van der Waals surface area contributed by atoms with Crippen molar-refractivity contribution in [3.63, 3.8) is 0 Å². The lowest BCUT2D eigenvalue weighted by molar-refractivity contribution is 0.0163. The molecule has 0 saturated heterocycles. The van der Waals surface area contributed by atoms with Gasteiger partial charge in [-0.05, 0) is 63.5 Å². The molecular weight excluding hydrogens is 721 g/mol. The maximum atomic E-state index is 13.2. The maximum Gasteiger partial charge on any atom is 0.235 e. The van der Waals surface area contributed by atoms with Crippen LogP contribution < -0.4 is 41.9 Å². The molecule has 0 N–H and O–H groups in total. The first kappa shape index (κ1) is 32.0. The summed E-state index contributed by atoms with van der Waals surface area (Å²) >= 11 is 2.65. The van der Waals surface area contributed by atoms with E-state index < -0.39 is 32.9 Å². The molecule has 0 bridgehead atoms. The number of hydrogen-bond acceptors (Lipinski definition) is 12. The van der Waals surface area contributed by atoms with Crippen molar-refractivity contribution in [3.05, 3.63) is 123 Å². The molecule has 4 heterocycles. The number of nitrogens with zero attached hydrogens (tertiary/aromatic N) is 4. The fourth-order valence-electron chi connectivity index (χ4n) is 9.23. The van der Waals surface area contributed by atoms with E-state index in [9.17, 15) is 19.2 Å². The van der Waals surface area contributed by atoms with E-state index >= 15 is 0 Å². The molecule has 2 spiro atoms. The first-order chi connectivity index (χ1) is 26.3. The minimum Gasteiger partial charge on any atom is -0.465 e.